The topological polar surface area (TPSA) is 67.8 Å². The number of fused-ring (bicyclic) bond motifs is 1. The molecule has 0 unspecified atom stereocenters. The molecule has 0 aromatic carbocycles. The minimum Gasteiger partial charge on any atom is -0.365 e. The van der Waals surface area contributed by atoms with Crippen molar-refractivity contribution in [3.05, 3.63) is 24.2 Å². The number of carbonyl (C=O) groups is 1. The average Bonchev–Trinajstić information content (AvgIpc) is 2.92. The lowest BCUT2D eigenvalue weighted by Gasteiger charge is -2.14. The summed E-state index contributed by atoms with van der Waals surface area (Å²) >= 11 is 0. The number of nitrogens with zero attached hydrogens (tertiary/aromatic N) is 3. The maximum Gasteiger partial charge on any atom is 0.156 e. The second kappa shape index (κ2) is 5.30. The van der Waals surface area contributed by atoms with Crippen LogP contribution in [0.5, 0.6) is 0 Å². The third-order valence-corrected chi connectivity index (χ3v) is 3.46. The molecular formula is C14H16N4O. The van der Waals surface area contributed by atoms with E-state index in [1.807, 2.05) is 12.1 Å². The molecule has 1 saturated carbocycles. The van der Waals surface area contributed by atoms with Crippen LogP contribution in [0.3, 0.4) is 0 Å². The van der Waals surface area contributed by atoms with Crippen molar-refractivity contribution in [2.45, 2.75) is 38.1 Å². The van der Waals surface area contributed by atoms with Gasteiger partial charge in [-0.3, -0.25) is 4.98 Å². The standard InChI is InChI=1S/C14H16N4O/c19-9-7-12-17-11-6-3-8-15-13(11)14(18-12)16-10-4-1-2-5-10/h3,6,8-10H,1-2,4-5,7H2,(H,16,17,18). The summed E-state index contributed by atoms with van der Waals surface area (Å²) in [6, 6.07) is 4.21. The molecule has 0 radical (unpaired) electrons. The summed E-state index contributed by atoms with van der Waals surface area (Å²) in [4.78, 5) is 23.8. The number of aldehydes is 1. The molecule has 0 atom stereocenters. The molecule has 1 N–H and O–H groups in total. The molecule has 0 spiro atoms. The summed E-state index contributed by atoms with van der Waals surface area (Å²) < 4.78 is 0. The minimum absolute atomic E-state index is 0.240. The number of rotatable bonds is 4. The van der Waals surface area contributed by atoms with Gasteiger partial charge in [-0.25, -0.2) is 9.97 Å². The van der Waals surface area contributed by atoms with Crippen LogP contribution in [0.1, 0.15) is 31.5 Å². The van der Waals surface area contributed by atoms with E-state index in [9.17, 15) is 4.79 Å². The molecule has 0 saturated heterocycles. The van der Waals surface area contributed by atoms with Gasteiger partial charge in [0.05, 0.1) is 11.9 Å². The Morgan fingerprint density at radius 1 is 1.32 bits per heavy atom. The molecule has 0 aliphatic heterocycles. The van der Waals surface area contributed by atoms with Gasteiger partial charge in [-0.15, -0.1) is 0 Å². The number of hydrogen-bond donors (Lipinski definition) is 1. The first-order valence-corrected chi connectivity index (χ1v) is 6.68. The number of hydrogen-bond acceptors (Lipinski definition) is 5. The Hall–Kier alpha value is -2.04. The molecule has 3 rings (SSSR count). The van der Waals surface area contributed by atoms with E-state index in [1.165, 1.54) is 25.7 Å². The summed E-state index contributed by atoms with van der Waals surface area (Å²) in [6.45, 7) is 0. The summed E-state index contributed by atoms with van der Waals surface area (Å²) in [5.41, 5.74) is 1.57. The van der Waals surface area contributed by atoms with Crippen LogP contribution in [-0.2, 0) is 11.2 Å². The molecule has 1 aliphatic rings. The number of anilines is 1. The Bertz CT molecular complexity index is 593. The molecule has 2 aromatic rings. The van der Waals surface area contributed by atoms with Crippen LogP contribution in [-0.4, -0.2) is 27.3 Å². The van der Waals surface area contributed by atoms with E-state index < -0.39 is 0 Å². The van der Waals surface area contributed by atoms with Crippen LogP contribution < -0.4 is 5.32 Å². The predicted octanol–water partition coefficient (Wildman–Crippen LogP) is 2.12. The molecule has 0 bridgehead atoms. The lowest BCUT2D eigenvalue weighted by Crippen LogP contribution is -2.17. The van der Waals surface area contributed by atoms with Crippen molar-refractivity contribution in [3.63, 3.8) is 0 Å². The van der Waals surface area contributed by atoms with E-state index >= 15 is 0 Å². The maximum atomic E-state index is 10.7. The lowest BCUT2D eigenvalue weighted by molar-refractivity contribution is -0.107. The van der Waals surface area contributed by atoms with Crippen molar-refractivity contribution in [1.82, 2.24) is 15.0 Å². The Morgan fingerprint density at radius 3 is 2.95 bits per heavy atom. The Labute approximate surface area is 111 Å². The zero-order valence-corrected chi connectivity index (χ0v) is 10.7. The highest BCUT2D eigenvalue weighted by Gasteiger charge is 2.17. The first-order valence-electron chi connectivity index (χ1n) is 6.68. The number of pyridine rings is 1. The van der Waals surface area contributed by atoms with E-state index in [-0.39, 0.29) is 6.42 Å². The minimum atomic E-state index is 0.240. The summed E-state index contributed by atoms with van der Waals surface area (Å²) in [7, 11) is 0. The highest BCUT2D eigenvalue weighted by Crippen LogP contribution is 2.24. The summed E-state index contributed by atoms with van der Waals surface area (Å²) in [5.74, 6) is 1.31. The van der Waals surface area contributed by atoms with Crippen molar-refractivity contribution in [2.75, 3.05) is 5.32 Å². The fourth-order valence-electron chi connectivity index (χ4n) is 2.55. The molecule has 19 heavy (non-hydrogen) atoms. The van der Waals surface area contributed by atoms with E-state index in [4.69, 9.17) is 0 Å². The second-order valence-corrected chi connectivity index (χ2v) is 4.86. The lowest BCUT2D eigenvalue weighted by atomic mass is 10.2. The zero-order valence-electron chi connectivity index (χ0n) is 10.7. The van der Waals surface area contributed by atoms with Gasteiger partial charge in [0.2, 0.25) is 0 Å². The van der Waals surface area contributed by atoms with Crippen LogP contribution in [0.2, 0.25) is 0 Å². The van der Waals surface area contributed by atoms with Gasteiger partial charge in [0.25, 0.3) is 0 Å². The first kappa shape index (κ1) is 12.0. The molecular weight excluding hydrogens is 240 g/mol. The van der Waals surface area contributed by atoms with Gasteiger partial charge in [0, 0.05) is 12.2 Å². The zero-order chi connectivity index (χ0) is 13.1. The Kier molecular flexibility index (Phi) is 3.35. The average molecular weight is 256 g/mol. The SMILES string of the molecule is O=CCc1nc(NC2CCCC2)c2ncccc2n1. The van der Waals surface area contributed by atoms with Gasteiger partial charge in [-0.1, -0.05) is 12.8 Å². The molecule has 5 nitrogen and oxygen atoms in total. The van der Waals surface area contributed by atoms with E-state index in [2.05, 4.69) is 20.3 Å². The first-order chi connectivity index (χ1) is 9.36. The monoisotopic (exact) mass is 256 g/mol. The van der Waals surface area contributed by atoms with Crippen molar-refractivity contribution >= 4 is 23.1 Å². The van der Waals surface area contributed by atoms with Gasteiger partial charge in [0.15, 0.2) is 5.82 Å². The molecule has 2 aromatic heterocycles. The molecule has 98 valence electrons. The van der Waals surface area contributed by atoms with Crippen LogP contribution >= 0.6 is 0 Å². The van der Waals surface area contributed by atoms with Gasteiger partial charge in [-0.05, 0) is 25.0 Å². The quantitative estimate of drug-likeness (QED) is 0.849. The molecule has 5 heteroatoms. The molecule has 1 aliphatic carbocycles. The van der Waals surface area contributed by atoms with Gasteiger partial charge in [0.1, 0.15) is 17.6 Å². The van der Waals surface area contributed by atoms with Gasteiger partial charge < -0.3 is 10.1 Å². The van der Waals surface area contributed by atoms with E-state index in [0.717, 1.165) is 23.1 Å². The third-order valence-electron chi connectivity index (χ3n) is 3.46. The molecule has 1 fully saturated rings. The van der Waals surface area contributed by atoms with Gasteiger partial charge in [-0.2, -0.15) is 0 Å². The van der Waals surface area contributed by atoms with Crippen LogP contribution in [0.15, 0.2) is 18.3 Å². The van der Waals surface area contributed by atoms with Gasteiger partial charge >= 0.3 is 0 Å². The maximum absolute atomic E-state index is 10.7. The van der Waals surface area contributed by atoms with Crippen molar-refractivity contribution in [1.29, 1.82) is 0 Å². The van der Waals surface area contributed by atoms with E-state index in [0.29, 0.717) is 11.9 Å². The second-order valence-electron chi connectivity index (χ2n) is 4.86. The highest BCUT2D eigenvalue weighted by atomic mass is 16.1. The Morgan fingerprint density at radius 2 is 2.16 bits per heavy atom. The normalized spacial score (nSPS) is 15.8. The molecule has 0 amide bonds. The van der Waals surface area contributed by atoms with Crippen LogP contribution in [0, 0.1) is 0 Å². The third kappa shape index (κ3) is 2.54. The summed E-state index contributed by atoms with van der Waals surface area (Å²) in [6.07, 6.45) is 7.67. The van der Waals surface area contributed by atoms with Crippen molar-refractivity contribution in [2.24, 2.45) is 0 Å². The number of carbonyl (C=O) groups excluding carboxylic acids is 1. The fourth-order valence-corrected chi connectivity index (χ4v) is 2.55. The highest BCUT2D eigenvalue weighted by molar-refractivity contribution is 5.85. The van der Waals surface area contributed by atoms with Crippen molar-refractivity contribution < 1.29 is 4.79 Å². The Balaban J connectivity index is 2.00. The summed E-state index contributed by atoms with van der Waals surface area (Å²) in [5, 5.41) is 3.45. The smallest absolute Gasteiger partial charge is 0.156 e. The number of aromatic nitrogens is 3. The predicted molar refractivity (Wildman–Crippen MR) is 73.0 cm³/mol. The van der Waals surface area contributed by atoms with Crippen LogP contribution in [0.4, 0.5) is 5.82 Å². The number of nitrogens with one attached hydrogen (secondary N) is 1. The van der Waals surface area contributed by atoms with E-state index in [1.54, 1.807) is 6.20 Å². The van der Waals surface area contributed by atoms with Crippen LogP contribution in [0.25, 0.3) is 11.0 Å². The molecule has 2 heterocycles. The van der Waals surface area contributed by atoms with Crippen molar-refractivity contribution in [3.8, 4) is 0 Å². The fraction of sp³-hybridized carbons (Fsp3) is 0.429. The largest absolute Gasteiger partial charge is 0.365 e.